The lowest BCUT2D eigenvalue weighted by Crippen LogP contribution is -2.51. The summed E-state index contributed by atoms with van der Waals surface area (Å²) in [5.41, 5.74) is -0.502. The number of fused-ring (bicyclic) bond motifs is 1. The summed E-state index contributed by atoms with van der Waals surface area (Å²) >= 11 is 0. The van der Waals surface area contributed by atoms with Crippen molar-refractivity contribution >= 4 is 35.8 Å². The summed E-state index contributed by atoms with van der Waals surface area (Å²) in [4.78, 5) is 20.3. The third-order valence-corrected chi connectivity index (χ3v) is 3.91. The molecule has 3 N–H and O–H groups in total. The van der Waals surface area contributed by atoms with Crippen molar-refractivity contribution < 1.29 is 4.79 Å². The first-order valence-corrected chi connectivity index (χ1v) is 7.52. The third kappa shape index (κ3) is 5.05. The van der Waals surface area contributed by atoms with Crippen LogP contribution in [0, 0.1) is 5.41 Å². The summed E-state index contributed by atoms with van der Waals surface area (Å²) in [5.74, 6) is 1.73. The zero-order valence-corrected chi connectivity index (χ0v) is 16.4. The van der Waals surface area contributed by atoms with Crippen LogP contribution in [-0.2, 0) is 17.8 Å². The topological polar surface area (TPSA) is 96.2 Å². The van der Waals surface area contributed by atoms with Gasteiger partial charge in [-0.2, -0.15) is 5.10 Å². The molecule has 9 heteroatoms. The molecule has 1 atom stereocenters. The van der Waals surface area contributed by atoms with E-state index in [4.69, 9.17) is 0 Å². The number of aryl methyl sites for hydroxylation is 1. The zero-order chi connectivity index (χ0) is 16.2. The summed E-state index contributed by atoms with van der Waals surface area (Å²) in [7, 11) is 3.38. The van der Waals surface area contributed by atoms with Gasteiger partial charge < -0.3 is 16.0 Å². The largest absolute Gasteiger partial charge is 0.359 e. The Morgan fingerprint density at radius 1 is 1.52 bits per heavy atom. The van der Waals surface area contributed by atoms with Crippen LogP contribution in [0.2, 0.25) is 0 Å². The first-order valence-electron chi connectivity index (χ1n) is 7.52. The number of hydrogen-bond acceptors (Lipinski definition) is 4. The zero-order valence-electron chi connectivity index (χ0n) is 14.1. The first kappa shape index (κ1) is 19.7. The standard InChI is InChI=1S/C14H25N7O.HI/c1-14(2,12(22)15-3)8-17-13(16-4)20-10-5-6-11-18-9-19-21(11)7-10;/h9-10H,5-8H2,1-4H3,(H,15,22)(H2,16,17,20);1H. The lowest BCUT2D eigenvalue weighted by molar-refractivity contribution is -0.128. The summed E-state index contributed by atoms with van der Waals surface area (Å²) in [6, 6.07) is 0.253. The van der Waals surface area contributed by atoms with Crippen LogP contribution < -0.4 is 16.0 Å². The van der Waals surface area contributed by atoms with Gasteiger partial charge in [0, 0.05) is 33.1 Å². The monoisotopic (exact) mass is 435 g/mol. The second kappa shape index (κ2) is 8.46. The summed E-state index contributed by atoms with van der Waals surface area (Å²) in [5, 5.41) is 13.5. The Labute approximate surface area is 153 Å². The van der Waals surface area contributed by atoms with E-state index in [0.29, 0.717) is 12.5 Å². The van der Waals surface area contributed by atoms with Crippen molar-refractivity contribution in [2.24, 2.45) is 10.4 Å². The number of halogens is 1. The van der Waals surface area contributed by atoms with Crippen molar-refractivity contribution in [3.63, 3.8) is 0 Å². The van der Waals surface area contributed by atoms with E-state index in [1.165, 1.54) is 0 Å². The molecule has 0 spiro atoms. The number of carbonyl (C=O) groups excluding carboxylic acids is 1. The lowest BCUT2D eigenvalue weighted by Gasteiger charge is -2.28. The summed E-state index contributed by atoms with van der Waals surface area (Å²) < 4.78 is 1.92. The van der Waals surface area contributed by atoms with Gasteiger partial charge in [-0.25, -0.2) is 9.67 Å². The van der Waals surface area contributed by atoms with E-state index in [0.717, 1.165) is 25.2 Å². The fourth-order valence-electron chi connectivity index (χ4n) is 2.47. The van der Waals surface area contributed by atoms with Gasteiger partial charge in [-0.1, -0.05) is 0 Å². The highest BCUT2D eigenvalue weighted by Crippen LogP contribution is 2.14. The Morgan fingerprint density at radius 3 is 2.91 bits per heavy atom. The number of guanidine groups is 1. The molecule has 0 aliphatic carbocycles. The van der Waals surface area contributed by atoms with Crippen LogP contribution in [-0.4, -0.2) is 53.3 Å². The van der Waals surface area contributed by atoms with Crippen molar-refractivity contribution in [2.75, 3.05) is 20.6 Å². The van der Waals surface area contributed by atoms with Crippen molar-refractivity contribution in [2.45, 2.75) is 39.3 Å². The van der Waals surface area contributed by atoms with Crippen LogP contribution in [0.5, 0.6) is 0 Å². The molecule has 8 nitrogen and oxygen atoms in total. The number of nitrogens with zero attached hydrogens (tertiary/aromatic N) is 4. The molecule has 1 aromatic heterocycles. The minimum absolute atomic E-state index is 0. The number of carbonyl (C=O) groups is 1. The molecule has 1 aliphatic heterocycles. The molecular weight excluding hydrogens is 409 g/mol. The van der Waals surface area contributed by atoms with Crippen molar-refractivity contribution in [1.29, 1.82) is 0 Å². The molecule has 1 aliphatic rings. The van der Waals surface area contributed by atoms with E-state index in [2.05, 4.69) is 31.0 Å². The van der Waals surface area contributed by atoms with Crippen LogP contribution in [0.15, 0.2) is 11.3 Å². The van der Waals surface area contributed by atoms with Gasteiger partial charge in [-0.3, -0.25) is 9.79 Å². The Hall–Kier alpha value is -1.39. The molecule has 2 rings (SSSR count). The fourth-order valence-corrected chi connectivity index (χ4v) is 2.47. The van der Waals surface area contributed by atoms with Gasteiger partial charge in [-0.05, 0) is 20.3 Å². The maximum absolute atomic E-state index is 11.8. The molecule has 0 bridgehead atoms. The van der Waals surface area contributed by atoms with Gasteiger partial charge in [-0.15, -0.1) is 24.0 Å². The summed E-state index contributed by atoms with van der Waals surface area (Å²) in [6.07, 6.45) is 3.48. The first-order chi connectivity index (χ1) is 10.5. The minimum atomic E-state index is -0.502. The lowest BCUT2D eigenvalue weighted by atomic mass is 9.92. The SMILES string of the molecule is CN=C(NCC(C)(C)C(=O)NC)NC1CCc2ncnn2C1.I. The maximum Gasteiger partial charge on any atom is 0.227 e. The summed E-state index contributed by atoms with van der Waals surface area (Å²) in [6.45, 7) is 5.07. The van der Waals surface area contributed by atoms with Gasteiger partial charge in [0.25, 0.3) is 0 Å². The Bertz CT molecular complexity index is 555. The predicted octanol–water partition coefficient (Wildman–Crippen LogP) is 0.148. The number of amides is 1. The van der Waals surface area contributed by atoms with Gasteiger partial charge >= 0.3 is 0 Å². The third-order valence-electron chi connectivity index (χ3n) is 3.91. The van der Waals surface area contributed by atoms with E-state index in [1.54, 1.807) is 20.4 Å². The second-order valence-electron chi connectivity index (χ2n) is 6.13. The average Bonchev–Trinajstić information content (AvgIpc) is 2.98. The van der Waals surface area contributed by atoms with Crippen molar-refractivity contribution in [1.82, 2.24) is 30.7 Å². The molecule has 130 valence electrons. The molecule has 2 heterocycles. The molecule has 0 saturated heterocycles. The van der Waals surface area contributed by atoms with E-state index < -0.39 is 5.41 Å². The predicted molar refractivity (Wildman–Crippen MR) is 99.9 cm³/mol. The van der Waals surface area contributed by atoms with Crippen LogP contribution in [0.25, 0.3) is 0 Å². The van der Waals surface area contributed by atoms with Crippen LogP contribution in [0.4, 0.5) is 0 Å². The van der Waals surface area contributed by atoms with Crippen LogP contribution in [0.3, 0.4) is 0 Å². The smallest absolute Gasteiger partial charge is 0.227 e. The number of hydrogen-bond donors (Lipinski definition) is 3. The van der Waals surface area contributed by atoms with E-state index in [-0.39, 0.29) is 35.9 Å². The minimum Gasteiger partial charge on any atom is -0.359 e. The molecule has 1 unspecified atom stereocenters. The number of rotatable bonds is 4. The Kier molecular flexibility index (Phi) is 7.23. The molecule has 0 fully saturated rings. The Balaban J connectivity index is 0.00000264. The molecule has 0 radical (unpaired) electrons. The van der Waals surface area contributed by atoms with Gasteiger partial charge in [0.15, 0.2) is 5.96 Å². The molecule has 23 heavy (non-hydrogen) atoms. The number of aliphatic imine (C=N–C) groups is 1. The molecule has 1 amide bonds. The number of aromatic nitrogens is 3. The molecular formula is C14H26IN7O. The highest BCUT2D eigenvalue weighted by Gasteiger charge is 2.27. The molecule has 0 aromatic carbocycles. The fraction of sp³-hybridized carbons (Fsp3) is 0.714. The quantitative estimate of drug-likeness (QED) is 0.356. The van der Waals surface area contributed by atoms with Crippen molar-refractivity contribution in [3.05, 3.63) is 12.2 Å². The maximum atomic E-state index is 11.8. The average molecular weight is 435 g/mol. The number of nitrogens with one attached hydrogen (secondary N) is 3. The molecule has 1 aromatic rings. The second-order valence-corrected chi connectivity index (χ2v) is 6.13. The van der Waals surface area contributed by atoms with Crippen molar-refractivity contribution in [3.8, 4) is 0 Å². The van der Waals surface area contributed by atoms with Gasteiger partial charge in [0.2, 0.25) is 5.91 Å². The van der Waals surface area contributed by atoms with Gasteiger partial charge in [0.1, 0.15) is 12.2 Å². The highest BCUT2D eigenvalue weighted by molar-refractivity contribution is 14.0. The van der Waals surface area contributed by atoms with Crippen LogP contribution >= 0.6 is 24.0 Å². The van der Waals surface area contributed by atoms with E-state index in [9.17, 15) is 4.79 Å². The van der Waals surface area contributed by atoms with Crippen LogP contribution in [0.1, 0.15) is 26.1 Å². The normalized spacial score (nSPS) is 17.7. The van der Waals surface area contributed by atoms with E-state index in [1.807, 2.05) is 18.5 Å². The Morgan fingerprint density at radius 2 is 2.26 bits per heavy atom. The van der Waals surface area contributed by atoms with Gasteiger partial charge in [0.05, 0.1) is 12.0 Å². The molecule has 0 saturated carbocycles. The van der Waals surface area contributed by atoms with E-state index >= 15 is 0 Å². The highest BCUT2D eigenvalue weighted by atomic mass is 127.